The first-order chi connectivity index (χ1) is 6.15. The molecule has 0 aliphatic carbocycles. The van der Waals surface area contributed by atoms with Crippen molar-refractivity contribution >= 4 is 0 Å². The smallest absolute Gasteiger partial charge is 0.263 e. The Bertz CT molecular complexity index is 256. The highest BCUT2D eigenvalue weighted by atomic mass is 19.3. The predicted octanol–water partition coefficient (Wildman–Crippen LogP) is 2.69. The minimum atomic E-state index is -2.39. The number of hydrogen-bond acceptors (Lipinski definition) is 1. The number of nitrogens with two attached hydrogens (primary N) is 1. The second-order valence-electron chi connectivity index (χ2n) is 3.10. The molecule has 1 aromatic rings. The van der Waals surface area contributed by atoms with E-state index >= 15 is 0 Å². The molecule has 72 valence electrons. The molecular formula is C10H13F2N. The van der Waals surface area contributed by atoms with E-state index in [0.29, 0.717) is 6.54 Å². The maximum absolute atomic E-state index is 12.2. The van der Waals surface area contributed by atoms with Gasteiger partial charge in [-0.05, 0) is 18.0 Å². The Morgan fingerprint density at radius 3 is 2.00 bits per heavy atom. The fourth-order valence-electron chi connectivity index (χ4n) is 1.11. The van der Waals surface area contributed by atoms with Crippen LogP contribution in [0.4, 0.5) is 8.78 Å². The molecule has 0 radical (unpaired) electrons. The third-order valence-electron chi connectivity index (χ3n) is 2.11. The Labute approximate surface area is 76.6 Å². The fourth-order valence-corrected chi connectivity index (χ4v) is 1.11. The van der Waals surface area contributed by atoms with E-state index in [1.165, 1.54) is 12.1 Å². The summed E-state index contributed by atoms with van der Waals surface area (Å²) < 4.78 is 24.3. The molecule has 0 spiro atoms. The molecule has 1 atom stereocenters. The lowest BCUT2D eigenvalue weighted by molar-refractivity contribution is 0.151. The van der Waals surface area contributed by atoms with E-state index < -0.39 is 6.43 Å². The number of benzene rings is 1. The zero-order chi connectivity index (χ0) is 9.84. The van der Waals surface area contributed by atoms with Crippen LogP contribution >= 0.6 is 0 Å². The number of rotatable bonds is 3. The summed E-state index contributed by atoms with van der Waals surface area (Å²) in [5.41, 5.74) is 6.52. The topological polar surface area (TPSA) is 26.0 Å². The average Bonchev–Trinajstić information content (AvgIpc) is 2.17. The Morgan fingerprint density at radius 2 is 1.62 bits per heavy atom. The van der Waals surface area contributed by atoms with E-state index in [2.05, 4.69) is 0 Å². The Hall–Kier alpha value is -0.960. The third kappa shape index (κ3) is 2.49. The van der Waals surface area contributed by atoms with Gasteiger partial charge in [0, 0.05) is 5.56 Å². The molecule has 0 aliphatic heterocycles. The van der Waals surface area contributed by atoms with Gasteiger partial charge in [0.2, 0.25) is 0 Å². The minimum absolute atomic E-state index is 0.0629. The van der Waals surface area contributed by atoms with Gasteiger partial charge < -0.3 is 5.73 Å². The predicted molar refractivity (Wildman–Crippen MR) is 48.9 cm³/mol. The average molecular weight is 185 g/mol. The van der Waals surface area contributed by atoms with Crippen LogP contribution in [0.2, 0.25) is 0 Å². The lowest BCUT2D eigenvalue weighted by atomic mass is 10.0. The van der Waals surface area contributed by atoms with Crippen LogP contribution in [-0.4, -0.2) is 6.54 Å². The lowest BCUT2D eigenvalue weighted by Gasteiger charge is -2.09. The van der Waals surface area contributed by atoms with Crippen molar-refractivity contribution in [2.75, 3.05) is 6.54 Å². The summed E-state index contributed by atoms with van der Waals surface area (Å²) in [5, 5.41) is 0. The second-order valence-corrected chi connectivity index (χ2v) is 3.10. The van der Waals surface area contributed by atoms with Crippen molar-refractivity contribution in [2.24, 2.45) is 5.73 Å². The highest BCUT2D eigenvalue weighted by Gasteiger charge is 2.07. The van der Waals surface area contributed by atoms with Crippen LogP contribution in [0.25, 0.3) is 0 Å². The SMILES string of the molecule is CC(CN)c1ccc(C(F)F)cc1. The summed E-state index contributed by atoms with van der Waals surface area (Å²) in [4.78, 5) is 0. The first-order valence-corrected chi connectivity index (χ1v) is 4.23. The van der Waals surface area contributed by atoms with E-state index in [4.69, 9.17) is 5.73 Å². The minimum Gasteiger partial charge on any atom is -0.330 e. The van der Waals surface area contributed by atoms with Crippen molar-refractivity contribution in [3.05, 3.63) is 35.4 Å². The van der Waals surface area contributed by atoms with Crippen LogP contribution in [-0.2, 0) is 0 Å². The van der Waals surface area contributed by atoms with Gasteiger partial charge in [-0.3, -0.25) is 0 Å². The molecule has 1 aromatic carbocycles. The Morgan fingerprint density at radius 1 is 1.15 bits per heavy atom. The van der Waals surface area contributed by atoms with Gasteiger partial charge in [0.25, 0.3) is 6.43 Å². The van der Waals surface area contributed by atoms with Crippen molar-refractivity contribution in [3.63, 3.8) is 0 Å². The Kier molecular flexibility index (Phi) is 3.37. The van der Waals surface area contributed by atoms with Gasteiger partial charge >= 0.3 is 0 Å². The molecule has 0 heterocycles. The van der Waals surface area contributed by atoms with Crippen molar-refractivity contribution < 1.29 is 8.78 Å². The van der Waals surface area contributed by atoms with Crippen LogP contribution in [0.1, 0.15) is 30.4 Å². The highest BCUT2D eigenvalue weighted by molar-refractivity contribution is 5.25. The number of alkyl halides is 2. The standard InChI is InChI=1S/C10H13F2N/c1-7(6-13)8-2-4-9(5-3-8)10(11)12/h2-5,7,10H,6,13H2,1H3. The molecule has 0 bridgehead atoms. The Balaban J connectivity index is 2.81. The molecular weight excluding hydrogens is 172 g/mol. The van der Waals surface area contributed by atoms with Crippen molar-refractivity contribution in [2.45, 2.75) is 19.3 Å². The second kappa shape index (κ2) is 4.33. The van der Waals surface area contributed by atoms with E-state index in [1.54, 1.807) is 12.1 Å². The van der Waals surface area contributed by atoms with Crippen molar-refractivity contribution in [3.8, 4) is 0 Å². The molecule has 0 aromatic heterocycles. The van der Waals surface area contributed by atoms with Gasteiger partial charge in [-0.15, -0.1) is 0 Å². The molecule has 1 unspecified atom stereocenters. The summed E-state index contributed by atoms with van der Waals surface area (Å²) >= 11 is 0. The molecule has 0 saturated carbocycles. The zero-order valence-corrected chi connectivity index (χ0v) is 7.50. The molecule has 0 amide bonds. The van der Waals surface area contributed by atoms with Gasteiger partial charge in [0.1, 0.15) is 0 Å². The van der Waals surface area contributed by atoms with E-state index in [9.17, 15) is 8.78 Å². The van der Waals surface area contributed by atoms with Gasteiger partial charge in [0.05, 0.1) is 0 Å². The maximum Gasteiger partial charge on any atom is 0.263 e. The van der Waals surface area contributed by atoms with Crippen LogP contribution in [0.15, 0.2) is 24.3 Å². The van der Waals surface area contributed by atoms with Crippen LogP contribution in [0.3, 0.4) is 0 Å². The third-order valence-corrected chi connectivity index (χ3v) is 2.11. The fraction of sp³-hybridized carbons (Fsp3) is 0.400. The van der Waals surface area contributed by atoms with Crippen molar-refractivity contribution in [1.29, 1.82) is 0 Å². The normalized spacial score (nSPS) is 13.3. The van der Waals surface area contributed by atoms with Gasteiger partial charge in [-0.1, -0.05) is 31.2 Å². The van der Waals surface area contributed by atoms with Crippen molar-refractivity contribution in [1.82, 2.24) is 0 Å². The monoisotopic (exact) mass is 185 g/mol. The lowest BCUT2D eigenvalue weighted by Crippen LogP contribution is -2.08. The summed E-state index contributed by atoms with van der Waals surface area (Å²) in [7, 11) is 0. The first kappa shape index (κ1) is 10.1. The van der Waals surface area contributed by atoms with E-state index in [0.717, 1.165) is 5.56 Å². The first-order valence-electron chi connectivity index (χ1n) is 4.23. The highest BCUT2D eigenvalue weighted by Crippen LogP contribution is 2.21. The largest absolute Gasteiger partial charge is 0.330 e. The molecule has 3 heteroatoms. The molecule has 0 aliphatic rings. The molecule has 1 nitrogen and oxygen atoms in total. The zero-order valence-electron chi connectivity index (χ0n) is 7.50. The van der Waals surface area contributed by atoms with Crippen LogP contribution in [0, 0.1) is 0 Å². The molecule has 1 rings (SSSR count). The van der Waals surface area contributed by atoms with Crippen LogP contribution < -0.4 is 5.73 Å². The molecule has 0 fully saturated rings. The van der Waals surface area contributed by atoms with Crippen LogP contribution in [0.5, 0.6) is 0 Å². The van der Waals surface area contributed by atoms with E-state index in [-0.39, 0.29) is 11.5 Å². The van der Waals surface area contributed by atoms with Gasteiger partial charge in [-0.2, -0.15) is 0 Å². The number of hydrogen-bond donors (Lipinski definition) is 1. The molecule has 13 heavy (non-hydrogen) atoms. The summed E-state index contributed by atoms with van der Waals surface area (Å²) in [6.07, 6.45) is -2.39. The molecule has 2 N–H and O–H groups in total. The van der Waals surface area contributed by atoms with Gasteiger partial charge in [0.15, 0.2) is 0 Å². The van der Waals surface area contributed by atoms with Gasteiger partial charge in [-0.25, -0.2) is 8.78 Å². The maximum atomic E-state index is 12.2. The summed E-state index contributed by atoms with van der Waals surface area (Å²) in [6, 6.07) is 6.32. The summed E-state index contributed by atoms with van der Waals surface area (Å²) in [5.74, 6) is 0.228. The quantitative estimate of drug-likeness (QED) is 0.769. The molecule has 0 saturated heterocycles. The van der Waals surface area contributed by atoms with E-state index in [1.807, 2.05) is 6.92 Å². The number of halogens is 2. The summed E-state index contributed by atoms with van der Waals surface area (Å²) in [6.45, 7) is 2.51.